The molecule has 2 amide bonds. The van der Waals surface area contributed by atoms with Crippen LogP contribution in [-0.4, -0.2) is 26.8 Å². The molecule has 4 rings (SSSR count). The van der Waals surface area contributed by atoms with Crippen molar-refractivity contribution in [2.75, 3.05) is 10.6 Å². The lowest BCUT2D eigenvalue weighted by Crippen LogP contribution is -2.19. The van der Waals surface area contributed by atoms with Crippen molar-refractivity contribution in [3.8, 4) is 11.4 Å². The molecule has 0 unspecified atom stereocenters. The fourth-order valence-electron chi connectivity index (χ4n) is 5.86. The Morgan fingerprint density at radius 3 is 1.40 bits per heavy atom. The van der Waals surface area contributed by atoms with E-state index in [0.717, 1.165) is 42.4 Å². The highest BCUT2D eigenvalue weighted by molar-refractivity contribution is 6.05. The van der Waals surface area contributed by atoms with E-state index in [1.807, 2.05) is 54.6 Å². The third-order valence-electron chi connectivity index (χ3n) is 8.63. The summed E-state index contributed by atoms with van der Waals surface area (Å²) in [5.41, 5.74) is 4.11. The number of aromatic nitrogens is 3. The first-order valence-corrected chi connectivity index (χ1v) is 18.2. The number of aryl methyl sites for hydroxylation is 2. The lowest BCUT2D eigenvalue weighted by Gasteiger charge is -2.11. The van der Waals surface area contributed by atoms with Gasteiger partial charge in [0.25, 0.3) is 11.8 Å². The summed E-state index contributed by atoms with van der Waals surface area (Å²) in [6.07, 6.45) is 19.4. The van der Waals surface area contributed by atoms with Gasteiger partial charge in [0.15, 0.2) is 5.82 Å². The van der Waals surface area contributed by atoms with Crippen molar-refractivity contribution in [3.05, 3.63) is 101 Å². The van der Waals surface area contributed by atoms with Gasteiger partial charge in [-0.1, -0.05) is 145 Å². The fourth-order valence-corrected chi connectivity index (χ4v) is 5.86. The van der Waals surface area contributed by atoms with Crippen molar-refractivity contribution in [1.29, 1.82) is 0 Å². The highest BCUT2D eigenvalue weighted by Crippen LogP contribution is 2.20. The third kappa shape index (κ3) is 12.7. The minimum Gasteiger partial charge on any atom is -0.290 e. The number of benzene rings is 3. The number of unbranched alkanes of at least 4 members (excludes halogenated alkanes) is 12. The van der Waals surface area contributed by atoms with Gasteiger partial charge in [0.2, 0.25) is 11.9 Å². The Morgan fingerprint density at radius 1 is 0.500 bits per heavy atom. The zero-order valence-corrected chi connectivity index (χ0v) is 29.0. The molecule has 7 nitrogen and oxygen atoms in total. The van der Waals surface area contributed by atoms with Gasteiger partial charge in [0.1, 0.15) is 0 Å². The Bertz CT molecular complexity index is 1460. The molecule has 0 aliphatic heterocycles. The molecule has 3 aromatic carbocycles. The molecule has 7 heteroatoms. The van der Waals surface area contributed by atoms with Crippen molar-refractivity contribution in [2.24, 2.45) is 0 Å². The first kappa shape index (κ1) is 36.4. The van der Waals surface area contributed by atoms with E-state index < -0.39 is 0 Å². The van der Waals surface area contributed by atoms with Gasteiger partial charge in [-0.2, -0.15) is 15.0 Å². The number of amides is 2. The van der Waals surface area contributed by atoms with Gasteiger partial charge >= 0.3 is 0 Å². The van der Waals surface area contributed by atoms with Gasteiger partial charge in [-0.25, -0.2) is 0 Å². The van der Waals surface area contributed by atoms with Gasteiger partial charge in [0.05, 0.1) is 0 Å². The predicted molar refractivity (Wildman–Crippen MR) is 197 cm³/mol. The van der Waals surface area contributed by atoms with Crippen LogP contribution in [0.15, 0.2) is 78.9 Å². The predicted octanol–water partition coefficient (Wildman–Crippen LogP) is 10.6. The number of carbonyl (C=O) groups is 2. The van der Waals surface area contributed by atoms with Crippen LogP contribution in [-0.2, 0) is 12.8 Å². The quantitative estimate of drug-likeness (QED) is 0.0877. The number of rotatable bonds is 21. The van der Waals surface area contributed by atoms with E-state index in [2.05, 4.69) is 51.6 Å². The van der Waals surface area contributed by atoms with E-state index in [4.69, 9.17) is 0 Å². The van der Waals surface area contributed by atoms with Gasteiger partial charge in [0, 0.05) is 16.7 Å². The minimum absolute atomic E-state index is 0.0781. The van der Waals surface area contributed by atoms with E-state index in [9.17, 15) is 9.59 Å². The Labute approximate surface area is 287 Å². The lowest BCUT2D eigenvalue weighted by molar-refractivity contribution is 0.101. The third-order valence-corrected chi connectivity index (χ3v) is 8.63. The van der Waals surface area contributed by atoms with Gasteiger partial charge in [-0.05, 0) is 61.1 Å². The molecule has 4 aromatic rings. The molecule has 0 aliphatic carbocycles. The summed E-state index contributed by atoms with van der Waals surface area (Å²) >= 11 is 0. The van der Waals surface area contributed by atoms with E-state index in [0.29, 0.717) is 17.0 Å². The Balaban J connectivity index is 1.41. The normalized spacial score (nSPS) is 11.0. The monoisotopic (exact) mass is 647 g/mol. The molecule has 0 bridgehead atoms. The minimum atomic E-state index is -0.308. The molecule has 1 aromatic heterocycles. The molecule has 0 radical (unpaired) electrons. The van der Waals surface area contributed by atoms with Crippen LogP contribution in [0.4, 0.5) is 11.9 Å². The maximum absolute atomic E-state index is 13.4. The summed E-state index contributed by atoms with van der Waals surface area (Å²) in [5.74, 6) is -0.103. The molecule has 0 spiro atoms. The van der Waals surface area contributed by atoms with Gasteiger partial charge in [-0.3, -0.25) is 20.2 Å². The topological polar surface area (TPSA) is 96.9 Å². The van der Waals surface area contributed by atoms with E-state index >= 15 is 0 Å². The second-order valence-corrected chi connectivity index (χ2v) is 12.7. The van der Waals surface area contributed by atoms with Crippen LogP contribution in [0.25, 0.3) is 11.4 Å². The van der Waals surface area contributed by atoms with Crippen LogP contribution < -0.4 is 10.6 Å². The first-order valence-electron chi connectivity index (χ1n) is 18.2. The summed E-state index contributed by atoms with van der Waals surface area (Å²) in [4.78, 5) is 40.2. The summed E-state index contributed by atoms with van der Waals surface area (Å²) in [7, 11) is 0. The molecular weight excluding hydrogens is 594 g/mol. The largest absolute Gasteiger partial charge is 0.290 e. The van der Waals surface area contributed by atoms with Gasteiger partial charge in [-0.15, -0.1) is 0 Å². The number of hydrogen-bond donors (Lipinski definition) is 2. The van der Waals surface area contributed by atoms with E-state index in [-0.39, 0.29) is 23.7 Å². The zero-order valence-electron chi connectivity index (χ0n) is 29.0. The summed E-state index contributed by atoms with van der Waals surface area (Å²) in [5, 5.41) is 5.69. The number of carbonyl (C=O) groups excluding carboxylic acids is 2. The number of nitrogens with zero attached hydrogens (tertiary/aromatic N) is 3. The molecular formula is C41H53N5O2. The number of nitrogens with one attached hydrogen (secondary N) is 2. The van der Waals surface area contributed by atoms with Crippen LogP contribution >= 0.6 is 0 Å². The molecule has 0 aliphatic rings. The van der Waals surface area contributed by atoms with E-state index in [1.165, 1.54) is 77.0 Å². The molecule has 1 heterocycles. The highest BCUT2D eigenvalue weighted by Gasteiger charge is 2.16. The second kappa shape index (κ2) is 20.8. The first-order chi connectivity index (χ1) is 23.6. The summed E-state index contributed by atoms with van der Waals surface area (Å²) in [6, 6.07) is 24.9. The molecule has 0 atom stereocenters. The average molecular weight is 648 g/mol. The Morgan fingerprint density at radius 2 is 0.938 bits per heavy atom. The number of anilines is 2. The van der Waals surface area contributed by atoms with Crippen LogP contribution in [0.1, 0.15) is 136 Å². The average Bonchev–Trinajstić information content (AvgIpc) is 3.11. The van der Waals surface area contributed by atoms with Crippen LogP contribution in [0.5, 0.6) is 0 Å². The highest BCUT2D eigenvalue weighted by atomic mass is 16.2. The molecule has 2 N–H and O–H groups in total. The van der Waals surface area contributed by atoms with Crippen molar-refractivity contribution in [3.63, 3.8) is 0 Å². The maximum atomic E-state index is 13.4. The van der Waals surface area contributed by atoms with Crippen molar-refractivity contribution >= 4 is 23.7 Å². The summed E-state index contributed by atoms with van der Waals surface area (Å²) < 4.78 is 0. The molecule has 0 saturated carbocycles. The standard InChI is InChI=1S/C41H53N5O2/c1-3-5-7-9-11-13-16-22-32-24-20-28-35(30-32)38(47)44-40-42-37(34-26-18-15-19-27-34)43-41(46-40)45-39(48)36-29-21-25-33(31-36)23-17-14-12-10-8-6-4-2/h15,18-21,24-31H,3-14,16-17,22-23H2,1-2H3,(H2,42,43,44,45,46,47,48). The summed E-state index contributed by atoms with van der Waals surface area (Å²) in [6.45, 7) is 4.48. The molecule has 254 valence electrons. The van der Waals surface area contributed by atoms with Crippen LogP contribution in [0, 0.1) is 0 Å². The molecule has 48 heavy (non-hydrogen) atoms. The lowest BCUT2D eigenvalue weighted by atomic mass is 10.0. The van der Waals surface area contributed by atoms with Gasteiger partial charge < -0.3 is 0 Å². The van der Waals surface area contributed by atoms with Crippen LogP contribution in [0.3, 0.4) is 0 Å². The smallest absolute Gasteiger partial charge is 0.258 e. The molecule has 0 saturated heterocycles. The van der Waals surface area contributed by atoms with Crippen LogP contribution in [0.2, 0.25) is 0 Å². The second-order valence-electron chi connectivity index (χ2n) is 12.7. The SMILES string of the molecule is CCCCCCCCCc1cccc(C(=O)Nc2nc(NC(=O)c3cccc(CCCCCCCCC)c3)nc(-c3ccccc3)n2)c1. The maximum Gasteiger partial charge on any atom is 0.258 e. The Hall–Kier alpha value is -4.39. The fraction of sp³-hybridized carbons (Fsp3) is 0.439. The molecule has 0 fully saturated rings. The van der Waals surface area contributed by atoms with E-state index in [1.54, 1.807) is 12.1 Å². The van der Waals surface area contributed by atoms with Crippen molar-refractivity contribution < 1.29 is 9.59 Å². The number of hydrogen-bond acceptors (Lipinski definition) is 5. The van der Waals surface area contributed by atoms with Crippen molar-refractivity contribution in [2.45, 2.75) is 117 Å². The Kier molecular flexibility index (Phi) is 15.8. The van der Waals surface area contributed by atoms with Crippen molar-refractivity contribution in [1.82, 2.24) is 15.0 Å². The zero-order chi connectivity index (χ0) is 33.8.